The Bertz CT molecular complexity index is 306. The minimum Gasteiger partial charge on any atom is -0.367 e. The molecule has 0 spiro atoms. The van der Waals surface area contributed by atoms with E-state index in [4.69, 9.17) is 0 Å². The van der Waals surface area contributed by atoms with Crippen molar-refractivity contribution in [3.8, 4) is 0 Å². The maximum Gasteiger partial charge on any atom is 0.221 e. The van der Waals surface area contributed by atoms with Crippen molar-refractivity contribution in [2.24, 2.45) is 0 Å². The number of aromatic amines is 1. The summed E-state index contributed by atoms with van der Waals surface area (Å²) in [6.45, 7) is 6.75. The van der Waals surface area contributed by atoms with Gasteiger partial charge in [0.1, 0.15) is 0 Å². The highest BCUT2D eigenvalue weighted by Crippen LogP contribution is 1.98. The normalized spacial score (nSPS) is 12.8. The van der Waals surface area contributed by atoms with Crippen molar-refractivity contribution in [1.29, 1.82) is 0 Å². The van der Waals surface area contributed by atoms with Gasteiger partial charge in [0.05, 0.1) is 0 Å². The van der Waals surface area contributed by atoms with Crippen LogP contribution in [0.4, 0.5) is 0 Å². The number of carbonyl (C=O) groups is 1. The maximum absolute atomic E-state index is 11.5. The summed E-state index contributed by atoms with van der Waals surface area (Å²) >= 11 is 0. The Kier molecular flexibility index (Phi) is 5.05. The Morgan fingerprint density at radius 2 is 2.19 bits per heavy atom. The molecule has 0 aliphatic rings. The zero-order valence-corrected chi connectivity index (χ0v) is 10.2. The highest BCUT2D eigenvalue weighted by molar-refractivity contribution is 5.76. The summed E-state index contributed by atoms with van der Waals surface area (Å²) < 4.78 is 0. The minimum atomic E-state index is 0.101. The van der Waals surface area contributed by atoms with E-state index in [0.717, 1.165) is 6.54 Å². The topological polar surface area (TPSA) is 56.9 Å². The summed E-state index contributed by atoms with van der Waals surface area (Å²) in [5, 5.41) is 6.19. The monoisotopic (exact) mass is 223 g/mol. The Morgan fingerprint density at radius 1 is 1.44 bits per heavy atom. The molecule has 0 aliphatic carbocycles. The first-order valence-electron chi connectivity index (χ1n) is 5.72. The van der Waals surface area contributed by atoms with Gasteiger partial charge in [0.15, 0.2) is 0 Å². The van der Waals surface area contributed by atoms with Crippen LogP contribution in [0.5, 0.6) is 0 Å². The Morgan fingerprint density at radius 3 is 2.75 bits per heavy atom. The molecule has 4 nitrogen and oxygen atoms in total. The van der Waals surface area contributed by atoms with Crippen LogP contribution in [-0.4, -0.2) is 23.0 Å². The Hall–Kier alpha value is -1.29. The molecule has 1 rings (SSSR count). The van der Waals surface area contributed by atoms with Crippen molar-refractivity contribution in [3.05, 3.63) is 24.0 Å². The SMILES string of the molecule is CC(C)NC(=O)CC(C)NCc1cc[nH]c1. The van der Waals surface area contributed by atoms with Gasteiger partial charge in [-0.2, -0.15) is 0 Å². The van der Waals surface area contributed by atoms with Gasteiger partial charge in [0, 0.05) is 37.4 Å². The average Bonchev–Trinajstić information content (AvgIpc) is 2.65. The number of aromatic nitrogens is 1. The lowest BCUT2D eigenvalue weighted by atomic mass is 10.2. The molecule has 3 N–H and O–H groups in total. The van der Waals surface area contributed by atoms with Crippen LogP contribution in [0.15, 0.2) is 18.5 Å². The second kappa shape index (κ2) is 6.33. The molecule has 0 aromatic carbocycles. The Balaban J connectivity index is 2.20. The van der Waals surface area contributed by atoms with E-state index in [-0.39, 0.29) is 18.0 Å². The first kappa shape index (κ1) is 12.8. The van der Waals surface area contributed by atoms with Crippen molar-refractivity contribution in [3.63, 3.8) is 0 Å². The molecule has 1 aromatic rings. The molecular formula is C12H21N3O. The fourth-order valence-electron chi connectivity index (χ4n) is 1.49. The van der Waals surface area contributed by atoms with Gasteiger partial charge < -0.3 is 15.6 Å². The lowest BCUT2D eigenvalue weighted by Gasteiger charge is -2.14. The van der Waals surface area contributed by atoms with E-state index in [1.807, 2.05) is 39.2 Å². The van der Waals surface area contributed by atoms with E-state index < -0.39 is 0 Å². The lowest BCUT2D eigenvalue weighted by Crippen LogP contribution is -2.36. The molecule has 0 fully saturated rings. The highest BCUT2D eigenvalue weighted by Gasteiger charge is 2.09. The molecular weight excluding hydrogens is 202 g/mol. The lowest BCUT2D eigenvalue weighted by molar-refractivity contribution is -0.122. The van der Waals surface area contributed by atoms with Crippen molar-refractivity contribution in [1.82, 2.24) is 15.6 Å². The van der Waals surface area contributed by atoms with Crippen LogP contribution in [0.1, 0.15) is 32.8 Å². The zero-order valence-electron chi connectivity index (χ0n) is 10.2. The molecule has 0 bridgehead atoms. The largest absolute Gasteiger partial charge is 0.367 e. The van der Waals surface area contributed by atoms with Crippen LogP contribution in [0.3, 0.4) is 0 Å². The molecule has 90 valence electrons. The minimum absolute atomic E-state index is 0.101. The summed E-state index contributed by atoms with van der Waals surface area (Å²) in [5.41, 5.74) is 1.20. The van der Waals surface area contributed by atoms with Gasteiger partial charge in [-0.15, -0.1) is 0 Å². The van der Waals surface area contributed by atoms with Crippen LogP contribution in [0, 0.1) is 0 Å². The van der Waals surface area contributed by atoms with Crippen LogP contribution >= 0.6 is 0 Å². The molecule has 4 heteroatoms. The average molecular weight is 223 g/mol. The summed E-state index contributed by atoms with van der Waals surface area (Å²) in [7, 11) is 0. The second-order valence-electron chi connectivity index (χ2n) is 4.43. The standard InChI is InChI=1S/C12H21N3O/c1-9(2)15-12(16)6-10(3)14-8-11-4-5-13-7-11/h4-5,7,9-10,13-14H,6,8H2,1-3H3,(H,15,16). The van der Waals surface area contributed by atoms with Gasteiger partial charge in [-0.25, -0.2) is 0 Å². The van der Waals surface area contributed by atoms with E-state index in [9.17, 15) is 4.79 Å². The van der Waals surface area contributed by atoms with Crippen LogP contribution in [0.25, 0.3) is 0 Å². The van der Waals surface area contributed by atoms with Crippen molar-refractivity contribution < 1.29 is 4.79 Å². The van der Waals surface area contributed by atoms with Gasteiger partial charge in [-0.1, -0.05) is 0 Å². The number of hydrogen-bond donors (Lipinski definition) is 3. The quantitative estimate of drug-likeness (QED) is 0.683. The molecule has 0 saturated carbocycles. The van der Waals surface area contributed by atoms with Crippen LogP contribution in [0.2, 0.25) is 0 Å². The van der Waals surface area contributed by atoms with Crippen molar-refractivity contribution in [2.45, 2.75) is 45.8 Å². The summed E-state index contributed by atoms with van der Waals surface area (Å²) in [5.74, 6) is 0.101. The van der Waals surface area contributed by atoms with E-state index in [2.05, 4.69) is 15.6 Å². The molecule has 0 saturated heterocycles. The van der Waals surface area contributed by atoms with Gasteiger partial charge in [-0.05, 0) is 32.4 Å². The molecule has 0 radical (unpaired) electrons. The molecule has 1 unspecified atom stereocenters. The van der Waals surface area contributed by atoms with Crippen LogP contribution in [-0.2, 0) is 11.3 Å². The molecule has 1 amide bonds. The predicted octanol–water partition coefficient (Wildman–Crippen LogP) is 1.41. The molecule has 1 atom stereocenters. The highest BCUT2D eigenvalue weighted by atomic mass is 16.1. The fraction of sp³-hybridized carbons (Fsp3) is 0.583. The van der Waals surface area contributed by atoms with Crippen molar-refractivity contribution >= 4 is 5.91 Å². The van der Waals surface area contributed by atoms with Gasteiger partial charge in [0.2, 0.25) is 5.91 Å². The van der Waals surface area contributed by atoms with Crippen LogP contribution < -0.4 is 10.6 Å². The van der Waals surface area contributed by atoms with Gasteiger partial charge in [-0.3, -0.25) is 4.79 Å². The summed E-state index contributed by atoms with van der Waals surface area (Å²) in [6.07, 6.45) is 4.36. The van der Waals surface area contributed by atoms with Gasteiger partial charge in [0.25, 0.3) is 0 Å². The third-order valence-electron chi connectivity index (χ3n) is 2.26. The number of nitrogens with one attached hydrogen (secondary N) is 3. The van der Waals surface area contributed by atoms with E-state index in [1.165, 1.54) is 5.56 Å². The predicted molar refractivity (Wildman–Crippen MR) is 65.0 cm³/mol. The zero-order chi connectivity index (χ0) is 12.0. The smallest absolute Gasteiger partial charge is 0.221 e. The second-order valence-corrected chi connectivity index (χ2v) is 4.43. The number of hydrogen-bond acceptors (Lipinski definition) is 2. The van der Waals surface area contributed by atoms with E-state index in [0.29, 0.717) is 6.42 Å². The number of carbonyl (C=O) groups excluding carboxylic acids is 1. The van der Waals surface area contributed by atoms with E-state index >= 15 is 0 Å². The molecule has 1 aromatic heterocycles. The molecule has 16 heavy (non-hydrogen) atoms. The van der Waals surface area contributed by atoms with Crippen molar-refractivity contribution in [2.75, 3.05) is 0 Å². The van der Waals surface area contributed by atoms with E-state index in [1.54, 1.807) is 0 Å². The number of rotatable bonds is 6. The summed E-state index contributed by atoms with van der Waals surface area (Å²) in [4.78, 5) is 14.5. The summed E-state index contributed by atoms with van der Waals surface area (Å²) in [6, 6.07) is 2.42. The third kappa shape index (κ3) is 4.98. The first-order chi connectivity index (χ1) is 7.58. The molecule has 0 aliphatic heterocycles. The van der Waals surface area contributed by atoms with Gasteiger partial charge >= 0.3 is 0 Å². The maximum atomic E-state index is 11.5. The number of amides is 1. The first-order valence-corrected chi connectivity index (χ1v) is 5.72. The Labute approximate surface area is 96.8 Å². The number of H-pyrrole nitrogens is 1. The fourth-order valence-corrected chi connectivity index (χ4v) is 1.49. The third-order valence-corrected chi connectivity index (χ3v) is 2.26. The molecule has 1 heterocycles.